The molecule has 3 aliphatic rings. The number of aliphatic hydroxyl groups excluding tert-OH is 1. The van der Waals surface area contributed by atoms with E-state index in [1.54, 1.807) is 0 Å². The molecule has 0 spiro atoms. The molecule has 4 N–H and O–H groups in total. The lowest BCUT2D eigenvalue weighted by Gasteiger charge is -2.36. The standard InChI is InChI=1S/C25H39N3O4/c1-22(2)12-16(23(3,4)27(22)30)13-26-14-19(29)21-10-15-9-17-18(11-20(15)32-21)25(7,8)28(31)24(17,5)6/h9,11-12,19,21,26,29-31H,10,13-14H2,1-8H3. The molecular weight excluding hydrogens is 406 g/mol. The van der Waals surface area contributed by atoms with Crippen LogP contribution in [0.3, 0.4) is 0 Å². The first-order valence-electron chi connectivity index (χ1n) is 11.5. The smallest absolute Gasteiger partial charge is 0.130 e. The number of nitrogens with one attached hydrogen (secondary N) is 1. The fourth-order valence-electron chi connectivity index (χ4n) is 5.74. The summed E-state index contributed by atoms with van der Waals surface area (Å²) in [4.78, 5) is 0. The van der Waals surface area contributed by atoms with E-state index in [0.29, 0.717) is 19.5 Å². The molecule has 4 rings (SSSR count). The van der Waals surface area contributed by atoms with Crippen LogP contribution in [0.25, 0.3) is 0 Å². The number of hydroxylamine groups is 4. The number of aliphatic hydroxyl groups is 1. The molecule has 1 aromatic carbocycles. The van der Waals surface area contributed by atoms with Gasteiger partial charge in [-0.3, -0.25) is 0 Å². The third-order valence-corrected chi connectivity index (χ3v) is 7.76. The maximum atomic E-state index is 10.8. The average Bonchev–Trinajstić information content (AvgIpc) is 3.23. The first kappa shape index (κ1) is 23.7. The molecule has 7 nitrogen and oxygen atoms in total. The molecule has 3 aliphatic heterocycles. The summed E-state index contributed by atoms with van der Waals surface area (Å²) in [7, 11) is 0. The number of ether oxygens (including phenoxy) is 1. The van der Waals surface area contributed by atoms with Gasteiger partial charge in [-0.25, -0.2) is 0 Å². The van der Waals surface area contributed by atoms with E-state index < -0.39 is 28.3 Å². The number of nitrogens with zero attached hydrogens (tertiary/aromatic N) is 2. The first-order chi connectivity index (χ1) is 14.6. The van der Waals surface area contributed by atoms with Crippen LogP contribution >= 0.6 is 0 Å². The van der Waals surface area contributed by atoms with Gasteiger partial charge in [0.25, 0.3) is 0 Å². The number of fused-ring (bicyclic) bond motifs is 2. The summed E-state index contributed by atoms with van der Waals surface area (Å²) < 4.78 is 6.15. The van der Waals surface area contributed by atoms with Crippen molar-refractivity contribution in [1.29, 1.82) is 0 Å². The van der Waals surface area contributed by atoms with Gasteiger partial charge in [0, 0.05) is 19.5 Å². The lowest BCUT2D eigenvalue weighted by atomic mass is 9.88. The van der Waals surface area contributed by atoms with E-state index in [-0.39, 0.29) is 6.10 Å². The van der Waals surface area contributed by atoms with Crippen LogP contribution in [0.5, 0.6) is 5.75 Å². The molecule has 0 amide bonds. The number of hydrogen-bond acceptors (Lipinski definition) is 7. The average molecular weight is 446 g/mol. The monoisotopic (exact) mass is 445 g/mol. The number of rotatable bonds is 5. The molecule has 1 aromatic rings. The zero-order valence-corrected chi connectivity index (χ0v) is 20.7. The van der Waals surface area contributed by atoms with Crippen LogP contribution in [0.1, 0.15) is 72.1 Å². The Morgan fingerprint density at radius 2 is 1.56 bits per heavy atom. The fourth-order valence-corrected chi connectivity index (χ4v) is 5.74. The van der Waals surface area contributed by atoms with E-state index >= 15 is 0 Å². The Hall–Kier alpha value is -1.48. The highest BCUT2D eigenvalue weighted by Crippen LogP contribution is 2.51. The van der Waals surface area contributed by atoms with E-state index in [0.717, 1.165) is 28.0 Å². The quantitative estimate of drug-likeness (QED) is 0.517. The molecule has 7 heteroatoms. The van der Waals surface area contributed by atoms with Crippen molar-refractivity contribution >= 4 is 0 Å². The molecule has 2 unspecified atom stereocenters. The molecule has 2 atom stereocenters. The first-order valence-corrected chi connectivity index (χ1v) is 11.5. The summed E-state index contributed by atoms with van der Waals surface area (Å²) in [6.07, 6.45) is 1.76. The molecule has 0 radical (unpaired) electrons. The largest absolute Gasteiger partial charge is 0.487 e. The summed E-state index contributed by atoms with van der Waals surface area (Å²) >= 11 is 0. The molecule has 178 valence electrons. The molecule has 0 aliphatic carbocycles. The highest BCUT2D eigenvalue weighted by atomic mass is 16.5. The van der Waals surface area contributed by atoms with Crippen LogP contribution in [0, 0.1) is 0 Å². The van der Waals surface area contributed by atoms with Crippen molar-refractivity contribution in [3.8, 4) is 5.75 Å². The summed E-state index contributed by atoms with van der Waals surface area (Å²) in [6, 6.07) is 4.17. The normalized spacial score (nSPS) is 28.2. The van der Waals surface area contributed by atoms with Crippen LogP contribution in [0.4, 0.5) is 0 Å². The Kier molecular flexibility index (Phi) is 5.37. The van der Waals surface area contributed by atoms with Gasteiger partial charge in [-0.1, -0.05) is 6.08 Å². The number of hydrogen-bond donors (Lipinski definition) is 4. The molecule has 0 bridgehead atoms. The van der Waals surface area contributed by atoms with E-state index in [2.05, 4.69) is 17.5 Å². The Labute approximate surface area is 191 Å². The topological polar surface area (TPSA) is 88.4 Å². The predicted molar refractivity (Wildman–Crippen MR) is 123 cm³/mol. The van der Waals surface area contributed by atoms with Gasteiger partial charge in [0.1, 0.15) is 18.0 Å². The Balaban J connectivity index is 1.41. The van der Waals surface area contributed by atoms with Gasteiger partial charge < -0.3 is 25.6 Å². The third-order valence-electron chi connectivity index (χ3n) is 7.76. The maximum Gasteiger partial charge on any atom is 0.130 e. The van der Waals surface area contributed by atoms with Gasteiger partial charge in [0.15, 0.2) is 0 Å². The maximum absolute atomic E-state index is 10.8. The van der Waals surface area contributed by atoms with E-state index in [4.69, 9.17) is 4.74 Å². The van der Waals surface area contributed by atoms with Crippen molar-refractivity contribution in [1.82, 2.24) is 15.4 Å². The zero-order valence-electron chi connectivity index (χ0n) is 20.7. The van der Waals surface area contributed by atoms with Gasteiger partial charge >= 0.3 is 0 Å². The van der Waals surface area contributed by atoms with Gasteiger partial charge in [-0.05, 0) is 89.8 Å². The minimum atomic E-state index is -0.657. The molecular formula is C25H39N3O4. The van der Waals surface area contributed by atoms with Crippen molar-refractivity contribution in [3.05, 3.63) is 40.5 Å². The summed E-state index contributed by atoms with van der Waals surface area (Å²) in [5.74, 6) is 0.796. The second kappa shape index (κ2) is 7.26. The van der Waals surface area contributed by atoms with Crippen LogP contribution in [0.2, 0.25) is 0 Å². The van der Waals surface area contributed by atoms with Crippen LogP contribution < -0.4 is 10.1 Å². The van der Waals surface area contributed by atoms with Gasteiger partial charge in [-0.2, -0.15) is 10.1 Å². The van der Waals surface area contributed by atoms with Gasteiger partial charge in [-0.15, -0.1) is 0 Å². The Morgan fingerprint density at radius 3 is 2.12 bits per heavy atom. The summed E-state index contributed by atoms with van der Waals surface area (Å²) in [5.41, 5.74) is 2.47. The highest BCUT2D eigenvalue weighted by molar-refractivity contribution is 5.52. The van der Waals surface area contributed by atoms with Crippen molar-refractivity contribution in [2.75, 3.05) is 13.1 Å². The Morgan fingerprint density at radius 1 is 0.969 bits per heavy atom. The highest BCUT2D eigenvalue weighted by Gasteiger charge is 2.50. The summed E-state index contributed by atoms with van der Waals surface area (Å²) in [5, 5.41) is 38.2. The zero-order chi connectivity index (χ0) is 23.9. The molecule has 0 fully saturated rings. The van der Waals surface area contributed by atoms with Crippen LogP contribution in [-0.2, 0) is 17.5 Å². The molecule has 0 aromatic heterocycles. The second-order valence-corrected chi connectivity index (χ2v) is 11.7. The molecule has 0 saturated carbocycles. The van der Waals surface area contributed by atoms with E-state index in [1.807, 2.05) is 61.5 Å². The number of benzene rings is 1. The summed E-state index contributed by atoms with van der Waals surface area (Å²) in [6.45, 7) is 17.0. The van der Waals surface area contributed by atoms with Crippen LogP contribution in [0.15, 0.2) is 23.8 Å². The third kappa shape index (κ3) is 3.42. The second-order valence-electron chi connectivity index (χ2n) is 11.7. The van der Waals surface area contributed by atoms with Gasteiger partial charge in [0.05, 0.1) is 22.2 Å². The molecule has 32 heavy (non-hydrogen) atoms. The minimum absolute atomic E-state index is 0.312. The lowest BCUT2D eigenvalue weighted by molar-refractivity contribution is -0.216. The Bertz CT molecular complexity index is 906. The van der Waals surface area contributed by atoms with Crippen LogP contribution in [-0.4, -0.2) is 62.0 Å². The van der Waals surface area contributed by atoms with Crippen molar-refractivity contribution in [2.24, 2.45) is 0 Å². The van der Waals surface area contributed by atoms with Crippen molar-refractivity contribution in [3.63, 3.8) is 0 Å². The molecule has 0 saturated heterocycles. The predicted octanol–water partition coefficient (Wildman–Crippen LogP) is 3.30. The minimum Gasteiger partial charge on any atom is -0.487 e. The van der Waals surface area contributed by atoms with E-state index in [9.17, 15) is 15.5 Å². The fraction of sp³-hybridized carbons (Fsp3) is 0.680. The van der Waals surface area contributed by atoms with E-state index in [1.165, 1.54) is 10.1 Å². The lowest BCUT2D eigenvalue weighted by Crippen LogP contribution is -2.49. The SMILES string of the molecule is CC1(C)C=C(CNCC(O)C2Cc3cc4c(cc3O2)C(C)(C)N(O)C4(C)C)C(C)(C)N1O. The van der Waals surface area contributed by atoms with Crippen molar-refractivity contribution in [2.45, 2.75) is 96.2 Å². The van der Waals surface area contributed by atoms with Gasteiger partial charge in [0.2, 0.25) is 0 Å². The molecule has 3 heterocycles. The van der Waals surface area contributed by atoms with Crippen molar-refractivity contribution < 1.29 is 20.3 Å².